The van der Waals surface area contributed by atoms with E-state index in [9.17, 15) is 23.2 Å². The van der Waals surface area contributed by atoms with Crippen molar-refractivity contribution in [3.05, 3.63) is 193 Å². The number of nitrogen functional groups attached to an aromatic ring is 1. The number of thiocarbonyl (C=S) groups is 1. The fourth-order valence-corrected chi connectivity index (χ4v) is 7.99. The van der Waals surface area contributed by atoms with E-state index < -0.39 is 11.6 Å². The minimum absolute atomic E-state index is 0. The second-order valence-corrected chi connectivity index (χ2v) is 18.4. The molecular weight excluding hydrogens is 1250 g/mol. The Hall–Kier alpha value is -9.04. The van der Waals surface area contributed by atoms with E-state index in [2.05, 4.69) is 53.8 Å². The van der Waals surface area contributed by atoms with Gasteiger partial charge in [0.15, 0.2) is 28.1 Å². The molecule has 0 atom stereocenters. The number of thiocyanates is 2. The first-order valence-electron chi connectivity index (χ1n) is 24.2. The van der Waals surface area contributed by atoms with Crippen molar-refractivity contribution in [3.8, 4) is 33.8 Å². The van der Waals surface area contributed by atoms with Crippen molar-refractivity contribution in [1.82, 2.24) is 25.3 Å². The van der Waals surface area contributed by atoms with Gasteiger partial charge in [-0.1, -0.05) is 96.4 Å². The van der Waals surface area contributed by atoms with E-state index in [1.807, 2.05) is 91.0 Å². The van der Waals surface area contributed by atoms with Gasteiger partial charge in [0.05, 0.1) is 57.3 Å². The number of nitrogens with two attached hydrogens (primary N) is 1. The first-order chi connectivity index (χ1) is 40.1. The first-order valence-corrected chi connectivity index (χ1v) is 26.3. The monoisotopic (exact) mass is 1300 g/mol. The van der Waals surface area contributed by atoms with Crippen LogP contribution in [0, 0.1) is 33.0 Å². The Labute approximate surface area is 518 Å². The number of nitriles is 2. The van der Waals surface area contributed by atoms with Crippen LogP contribution in [0.1, 0.15) is 16.7 Å². The van der Waals surface area contributed by atoms with Gasteiger partial charge in [-0.2, -0.15) is 5.26 Å². The summed E-state index contributed by atoms with van der Waals surface area (Å²) in [6.45, 7) is 0. The Morgan fingerprint density at radius 2 is 1.04 bits per heavy atom. The van der Waals surface area contributed by atoms with Crippen molar-refractivity contribution < 1.29 is 64.5 Å². The molecule has 0 unspecified atom stereocenters. The third kappa shape index (κ3) is 21.7. The Balaban J connectivity index is 0.000000263. The van der Waals surface area contributed by atoms with Gasteiger partial charge in [0.25, 0.3) is 0 Å². The fourth-order valence-electron chi connectivity index (χ4n) is 7.27. The van der Waals surface area contributed by atoms with Crippen molar-refractivity contribution in [1.29, 1.82) is 10.5 Å². The molecule has 2 heterocycles. The van der Waals surface area contributed by atoms with Gasteiger partial charge in [-0.05, 0) is 89.0 Å². The summed E-state index contributed by atoms with van der Waals surface area (Å²) in [6, 6.07) is 43.9. The van der Waals surface area contributed by atoms with Gasteiger partial charge in [-0.15, -0.1) is 0 Å². The average molecular weight is 1300 g/mol. The third-order valence-corrected chi connectivity index (χ3v) is 11.8. The van der Waals surface area contributed by atoms with Crippen LogP contribution in [0.2, 0.25) is 0 Å². The number of aromatic nitrogens is 4. The fraction of sp³-hybridized carbons (Fsp3) is 0.119. The van der Waals surface area contributed by atoms with Crippen LogP contribution < -0.4 is 45.9 Å². The van der Waals surface area contributed by atoms with E-state index in [0.717, 1.165) is 16.7 Å². The molecule has 434 valence electrons. The molecule has 0 aliphatic rings. The van der Waals surface area contributed by atoms with Crippen LogP contribution in [0.15, 0.2) is 164 Å². The summed E-state index contributed by atoms with van der Waals surface area (Å²) in [5.41, 5.74) is 10.8. The van der Waals surface area contributed by atoms with Crippen LogP contribution in [0.5, 0.6) is 23.0 Å². The number of thioether (sulfide) groups is 1. The molecule has 25 heteroatoms. The van der Waals surface area contributed by atoms with Gasteiger partial charge < -0.3 is 58.6 Å². The summed E-state index contributed by atoms with van der Waals surface area (Å²) in [7, 11) is 6.16. The molecule has 7 aromatic carbocycles. The second kappa shape index (κ2) is 35.7. The molecule has 6 N–H and O–H groups in total. The number of fused-ring (bicyclic) bond motifs is 2. The zero-order chi connectivity index (χ0) is 60.1. The summed E-state index contributed by atoms with van der Waals surface area (Å²) in [4.78, 5) is 50.4. The van der Waals surface area contributed by atoms with E-state index in [-0.39, 0.29) is 61.6 Å². The van der Waals surface area contributed by atoms with Crippen LogP contribution in [0.3, 0.4) is 0 Å². The molecule has 0 saturated carbocycles. The number of carbonyl (C=O) groups is 3. The maximum atomic E-state index is 14.9. The summed E-state index contributed by atoms with van der Waals surface area (Å²) in [5.74, 6) is 1.71. The zero-order valence-corrected chi connectivity index (χ0v) is 49.7. The molecule has 18 nitrogen and oxygen atoms in total. The number of hydrogen-bond acceptors (Lipinski definition) is 19. The van der Waals surface area contributed by atoms with Crippen LogP contribution >= 0.6 is 35.6 Å². The molecule has 0 fully saturated rings. The van der Waals surface area contributed by atoms with Gasteiger partial charge >= 0.3 is 22.4 Å². The standard InChI is InChI=1S/C25H22FN5O3S.C16H15FN4O2.C9H7NOS.C8H7ClO.CHNS.Ag/c1-33-21-12-17-20(13-22(21)34-2)27-14-28-24(17)30-19-9-8-16(11-18(19)26)29-25(35)31-23(32)10-15-6-4-3-5-7-15;1-22-14-6-10-13(7-15(14)23-2)19-8-20-16(10)21-12-4-3-9(18)5-11(12)17;10-7-12-9(11)6-8-4-2-1-3-5-8;9-8(10)6-7-4-2-1-3-5-7;2-1-3;/h3-9,11-14H,10H2,1-2H3,(H,27,28,30)(H2,29,31,32,35);3-8H,18H2,1-2H3,(H,19,20,21);1-5H,6H2;1-5H,6H2;3H;/q;;;;;+1/p-1. The number of halogens is 3. The Bertz CT molecular complexity index is 3750. The third-order valence-electron chi connectivity index (χ3n) is 11.0. The van der Waals surface area contributed by atoms with E-state index in [4.69, 9.17) is 59.0 Å². The van der Waals surface area contributed by atoms with E-state index in [0.29, 0.717) is 92.4 Å². The van der Waals surface area contributed by atoms with E-state index in [1.165, 1.54) is 44.4 Å². The molecule has 9 rings (SSSR count). The smallest absolute Gasteiger partial charge is 0.696 e. The Morgan fingerprint density at radius 3 is 1.45 bits per heavy atom. The van der Waals surface area contributed by atoms with Gasteiger partial charge in [0.1, 0.15) is 41.3 Å². The normalized spacial score (nSPS) is 9.73. The maximum Gasteiger partial charge on any atom is 1.00 e. The number of benzene rings is 7. The summed E-state index contributed by atoms with van der Waals surface area (Å²) in [6.07, 6.45) is 3.61. The predicted octanol–water partition coefficient (Wildman–Crippen LogP) is 11.7. The van der Waals surface area contributed by atoms with Crippen molar-refractivity contribution >= 4 is 126 Å². The van der Waals surface area contributed by atoms with Crippen LogP contribution in [-0.2, 0) is 68.7 Å². The molecule has 0 radical (unpaired) electrons. The average Bonchev–Trinajstić information content (AvgIpc) is 3.11. The molecule has 0 bridgehead atoms. The van der Waals surface area contributed by atoms with Crippen LogP contribution in [0.4, 0.5) is 43.2 Å². The van der Waals surface area contributed by atoms with Gasteiger partial charge in [0.2, 0.25) is 16.3 Å². The summed E-state index contributed by atoms with van der Waals surface area (Å²) >= 11 is 14.8. The van der Waals surface area contributed by atoms with E-state index >= 15 is 0 Å². The largest absolute Gasteiger partial charge is 1.00 e. The molecule has 84 heavy (non-hydrogen) atoms. The maximum absolute atomic E-state index is 14.9. The SMILES string of the molecule is COc1cc2ncnc(Nc3ccc(N)cc3F)c2cc1OC.COc1cc2ncnc(Nc3ccc(NC(=S)NC(=O)Cc4ccccc4)cc3F)c2cc1OC.N#CSC(=O)Cc1ccccc1.N#C[S-].O=C(Cl)Cc1ccccc1.[Ag+]. The number of ether oxygens (including phenoxy) is 4. The zero-order valence-electron chi connectivity index (χ0n) is 45.0. The molecule has 1 amide bonds. The number of rotatable bonds is 15. The topological polar surface area (TPSA) is 261 Å². The van der Waals surface area contributed by atoms with Crippen molar-refractivity contribution in [3.63, 3.8) is 0 Å². The molecule has 2 aromatic heterocycles. The van der Waals surface area contributed by atoms with Gasteiger partial charge in [-0.25, -0.2) is 34.0 Å². The van der Waals surface area contributed by atoms with Gasteiger partial charge in [-0.3, -0.25) is 14.4 Å². The summed E-state index contributed by atoms with van der Waals surface area (Å²) in [5, 5.41) is 30.8. The number of nitrogens with one attached hydrogen (secondary N) is 4. The molecule has 0 aliphatic heterocycles. The van der Waals surface area contributed by atoms with Gasteiger partial charge in [0, 0.05) is 58.9 Å². The van der Waals surface area contributed by atoms with E-state index in [1.54, 1.807) is 68.2 Å². The molecule has 0 saturated heterocycles. The van der Waals surface area contributed by atoms with Crippen molar-refractivity contribution in [2.45, 2.75) is 19.3 Å². The minimum atomic E-state index is -0.541. The summed E-state index contributed by atoms with van der Waals surface area (Å²) < 4.78 is 50.1. The molecule has 0 spiro atoms. The predicted molar refractivity (Wildman–Crippen MR) is 326 cm³/mol. The number of carbonyl (C=O) groups excluding carboxylic acids is 3. The minimum Gasteiger partial charge on any atom is -0.696 e. The molecule has 0 aliphatic carbocycles. The Morgan fingerprint density at radius 1 is 0.619 bits per heavy atom. The van der Waals surface area contributed by atoms with Crippen molar-refractivity contribution in [2.75, 3.05) is 50.1 Å². The molecular formula is C59H51AgClF2N11O7S3. The first kappa shape index (κ1) is 67.5. The van der Waals surface area contributed by atoms with Crippen LogP contribution in [0.25, 0.3) is 21.8 Å². The Kier molecular flexibility index (Phi) is 28.7. The number of anilines is 6. The van der Waals surface area contributed by atoms with Crippen LogP contribution in [-0.4, -0.2) is 69.8 Å². The quantitative estimate of drug-likeness (QED) is 0.0159. The number of amides is 1. The number of methoxy groups -OCH3 is 4. The second-order valence-electron chi connectivity index (χ2n) is 16.6. The van der Waals surface area contributed by atoms with Crippen molar-refractivity contribution in [2.24, 2.45) is 0 Å². The molecule has 9 aromatic rings. The number of hydrogen-bond donors (Lipinski definition) is 5. The number of nitrogens with zero attached hydrogens (tertiary/aromatic N) is 6.